The van der Waals surface area contributed by atoms with Crippen LogP contribution in [0.4, 0.5) is 65.9 Å². The van der Waals surface area contributed by atoms with E-state index in [1.165, 1.54) is 6.92 Å². The first-order valence-corrected chi connectivity index (χ1v) is 7.33. The van der Waals surface area contributed by atoms with Gasteiger partial charge in [-0.05, 0) is 13.3 Å². The van der Waals surface area contributed by atoms with Crippen molar-refractivity contribution >= 4 is 5.71 Å². The van der Waals surface area contributed by atoms with E-state index < -0.39 is 54.0 Å². The van der Waals surface area contributed by atoms with Crippen LogP contribution in [0.3, 0.4) is 0 Å². The molecule has 0 heterocycles. The standard InChI is InChI=1S/C13H12F15N/c1-3-4-5-29-6(2)7(14,15)8(16,17)9(18,19)10(20,21)11(22,23)12(24,25)13(26,27)28/h3-5H2,1-2H3. The zero-order chi connectivity index (χ0) is 23.9. The van der Waals surface area contributed by atoms with Gasteiger partial charge in [0.15, 0.2) is 0 Å². The second-order valence-electron chi connectivity index (χ2n) is 5.76. The summed E-state index contributed by atoms with van der Waals surface area (Å²) in [6.07, 6.45) is -7.47. The first kappa shape index (κ1) is 27.6. The van der Waals surface area contributed by atoms with Gasteiger partial charge >= 0.3 is 41.7 Å². The first-order valence-electron chi connectivity index (χ1n) is 7.33. The van der Waals surface area contributed by atoms with E-state index in [0.717, 1.165) is 0 Å². The largest absolute Gasteiger partial charge is 0.460 e. The Morgan fingerprint density at radius 3 is 1.28 bits per heavy atom. The Morgan fingerprint density at radius 1 is 0.586 bits per heavy atom. The Balaban J connectivity index is 6.46. The summed E-state index contributed by atoms with van der Waals surface area (Å²) < 4.78 is 195. The highest BCUT2D eigenvalue weighted by atomic mass is 19.4. The number of hydrogen-bond donors (Lipinski definition) is 0. The Labute approximate surface area is 152 Å². The SMILES string of the molecule is CCCCN=C(C)C(F)(F)C(F)(F)C(F)(F)C(F)(F)C(F)(F)C(F)(F)C(F)(F)F. The molecule has 0 aliphatic rings. The summed E-state index contributed by atoms with van der Waals surface area (Å²) in [7, 11) is 0. The topological polar surface area (TPSA) is 12.4 Å². The molecule has 0 saturated carbocycles. The third kappa shape index (κ3) is 3.99. The summed E-state index contributed by atoms with van der Waals surface area (Å²) in [6, 6.07) is 0. The maximum atomic E-state index is 13.6. The lowest BCUT2D eigenvalue weighted by Crippen LogP contribution is -2.73. The highest BCUT2D eigenvalue weighted by Gasteiger charge is 2.93. The molecule has 0 aromatic heterocycles. The van der Waals surface area contributed by atoms with Crippen LogP contribution in [0.25, 0.3) is 0 Å². The zero-order valence-corrected chi connectivity index (χ0v) is 14.2. The molecule has 0 aliphatic heterocycles. The van der Waals surface area contributed by atoms with Gasteiger partial charge in [0.05, 0.1) is 5.71 Å². The Kier molecular flexibility index (Phi) is 7.34. The molecule has 16 heteroatoms. The molecule has 0 N–H and O–H groups in total. The van der Waals surface area contributed by atoms with Crippen LogP contribution in [0.5, 0.6) is 0 Å². The fourth-order valence-electron chi connectivity index (χ4n) is 1.70. The Hall–Kier alpha value is -1.38. The molecule has 0 bridgehead atoms. The van der Waals surface area contributed by atoms with Crippen LogP contribution < -0.4 is 0 Å². The van der Waals surface area contributed by atoms with E-state index in [1.807, 2.05) is 0 Å². The number of hydrogen-bond acceptors (Lipinski definition) is 1. The minimum Gasteiger partial charge on any atom is -0.288 e. The van der Waals surface area contributed by atoms with E-state index >= 15 is 0 Å². The van der Waals surface area contributed by atoms with Gasteiger partial charge in [-0.3, -0.25) is 4.99 Å². The molecular formula is C13H12F15N. The van der Waals surface area contributed by atoms with E-state index in [9.17, 15) is 65.9 Å². The molecule has 0 spiro atoms. The molecule has 0 aromatic rings. The van der Waals surface area contributed by atoms with E-state index in [2.05, 4.69) is 4.99 Å². The minimum atomic E-state index is -8.27. The third-order valence-corrected chi connectivity index (χ3v) is 3.64. The van der Waals surface area contributed by atoms with Gasteiger partial charge in [0.2, 0.25) is 0 Å². The summed E-state index contributed by atoms with van der Waals surface area (Å²) in [5, 5.41) is 0. The van der Waals surface area contributed by atoms with Gasteiger partial charge in [0, 0.05) is 6.54 Å². The van der Waals surface area contributed by atoms with Crippen molar-refractivity contribution in [3.05, 3.63) is 0 Å². The van der Waals surface area contributed by atoms with Gasteiger partial charge in [-0.25, -0.2) is 0 Å². The normalized spacial score (nSPS) is 16.4. The van der Waals surface area contributed by atoms with Crippen molar-refractivity contribution in [1.29, 1.82) is 0 Å². The van der Waals surface area contributed by atoms with Crippen molar-refractivity contribution < 1.29 is 65.9 Å². The van der Waals surface area contributed by atoms with Gasteiger partial charge in [0.1, 0.15) is 0 Å². The zero-order valence-electron chi connectivity index (χ0n) is 14.2. The highest BCUT2D eigenvalue weighted by molar-refractivity contribution is 5.90. The van der Waals surface area contributed by atoms with Crippen molar-refractivity contribution in [3.63, 3.8) is 0 Å². The molecule has 1 nitrogen and oxygen atoms in total. The second kappa shape index (κ2) is 7.71. The van der Waals surface area contributed by atoms with E-state index in [4.69, 9.17) is 0 Å². The highest BCUT2D eigenvalue weighted by Crippen LogP contribution is 2.62. The van der Waals surface area contributed by atoms with Crippen LogP contribution in [-0.4, -0.2) is 54.0 Å². The summed E-state index contributed by atoms with van der Waals surface area (Å²) in [5.74, 6) is -46.5. The smallest absolute Gasteiger partial charge is 0.288 e. The molecule has 0 fully saturated rings. The van der Waals surface area contributed by atoms with Crippen LogP contribution in [0, 0.1) is 0 Å². The molecular weight excluding hydrogens is 455 g/mol. The number of halogens is 15. The number of rotatable bonds is 9. The average Bonchev–Trinajstić information content (AvgIpc) is 2.52. The van der Waals surface area contributed by atoms with Crippen molar-refractivity contribution in [2.75, 3.05) is 6.54 Å². The summed E-state index contributed by atoms with van der Waals surface area (Å²) in [4.78, 5) is 2.69. The van der Waals surface area contributed by atoms with Crippen LogP contribution >= 0.6 is 0 Å². The predicted octanol–water partition coefficient (Wildman–Crippen LogP) is 6.62. The van der Waals surface area contributed by atoms with Gasteiger partial charge in [-0.1, -0.05) is 13.3 Å². The molecule has 0 radical (unpaired) electrons. The number of alkyl halides is 15. The van der Waals surface area contributed by atoms with E-state index in [-0.39, 0.29) is 19.8 Å². The molecule has 0 rings (SSSR count). The fourth-order valence-corrected chi connectivity index (χ4v) is 1.70. The molecule has 0 atom stereocenters. The molecule has 0 aliphatic carbocycles. The van der Waals surface area contributed by atoms with Crippen LogP contribution in [0.2, 0.25) is 0 Å². The lowest BCUT2D eigenvalue weighted by molar-refractivity contribution is -0.448. The summed E-state index contributed by atoms with van der Waals surface area (Å²) in [5.41, 5.74) is -2.25. The van der Waals surface area contributed by atoms with Crippen molar-refractivity contribution in [2.24, 2.45) is 4.99 Å². The van der Waals surface area contributed by atoms with Gasteiger partial charge < -0.3 is 0 Å². The lowest BCUT2D eigenvalue weighted by atomic mass is 9.90. The minimum absolute atomic E-state index is 0.0692. The van der Waals surface area contributed by atoms with E-state index in [0.29, 0.717) is 0 Å². The van der Waals surface area contributed by atoms with Gasteiger partial charge in [-0.2, -0.15) is 65.9 Å². The second-order valence-corrected chi connectivity index (χ2v) is 5.76. The maximum Gasteiger partial charge on any atom is 0.460 e. The molecule has 29 heavy (non-hydrogen) atoms. The molecule has 0 amide bonds. The Morgan fingerprint density at radius 2 is 0.931 bits per heavy atom. The van der Waals surface area contributed by atoms with Gasteiger partial charge in [-0.15, -0.1) is 0 Å². The van der Waals surface area contributed by atoms with Crippen LogP contribution in [0.15, 0.2) is 4.99 Å². The van der Waals surface area contributed by atoms with Crippen molar-refractivity contribution in [2.45, 2.75) is 68.4 Å². The van der Waals surface area contributed by atoms with Crippen molar-refractivity contribution in [1.82, 2.24) is 0 Å². The molecule has 174 valence electrons. The Bertz CT molecular complexity index is 602. The molecule has 0 aromatic carbocycles. The predicted molar refractivity (Wildman–Crippen MR) is 68.6 cm³/mol. The molecule has 0 saturated heterocycles. The van der Waals surface area contributed by atoms with Crippen LogP contribution in [0.1, 0.15) is 26.7 Å². The average molecular weight is 467 g/mol. The van der Waals surface area contributed by atoms with Crippen LogP contribution in [-0.2, 0) is 0 Å². The molecule has 0 unspecified atom stereocenters. The maximum absolute atomic E-state index is 13.6. The number of unbranched alkanes of at least 4 members (excludes halogenated alkanes) is 1. The quantitative estimate of drug-likeness (QED) is 0.205. The summed E-state index contributed by atoms with van der Waals surface area (Å²) >= 11 is 0. The van der Waals surface area contributed by atoms with Gasteiger partial charge in [0.25, 0.3) is 0 Å². The number of aliphatic imine (C=N–C) groups is 1. The van der Waals surface area contributed by atoms with E-state index in [1.54, 1.807) is 0 Å². The number of nitrogens with zero attached hydrogens (tertiary/aromatic N) is 1. The lowest BCUT2D eigenvalue weighted by Gasteiger charge is -2.41. The third-order valence-electron chi connectivity index (χ3n) is 3.64. The van der Waals surface area contributed by atoms with Crippen molar-refractivity contribution in [3.8, 4) is 0 Å². The fraction of sp³-hybridized carbons (Fsp3) is 0.923. The monoisotopic (exact) mass is 467 g/mol. The summed E-state index contributed by atoms with van der Waals surface area (Å²) in [6.45, 7) is 0.660. The first-order chi connectivity index (χ1) is 12.5.